The molecule has 0 spiro atoms. The van der Waals surface area contributed by atoms with E-state index in [4.69, 9.17) is 19.9 Å². The van der Waals surface area contributed by atoms with E-state index in [1.54, 1.807) is 30.5 Å². The zero-order valence-corrected chi connectivity index (χ0v) is 24.3. The first-order chi connectivity index (χ1) is 19.6. The smallest absolute Gasteiger partial charge is 0.302 e. The van der Waals surface area contributed by atoms with Gasteiger partial charge in [-0.2, -0.15) is 0 Å². The zero-order valence-electron chi connectivity index (χ0n) is 24.3. The number of nitrogen functional groups attached to an aromatic ring is 1. The van der Waals surface area contributed by atoms with Gasteiger partial charge in [0, 0.05) is 33.1 Å². The second kappa shape index (κ2) is 15.6. The van der Waals surface area contributed by atoms with Gasteiger partial charge in [0.15, 0.2) is 11.5 Å². The Kier molecular flexibility index (Phi) is 12.2. The number of nitrogens with two attached hydrogens (primary N) is 1. The third kappa shape index (κ3) is 9.89. The van der Waals surface area contributed by atoms with Gasteiger partial charge >= 0.3 is 11.9 Å². The first-order valence-electron chi connectivity index (χ1n) is 14.3. The van der Waals surface area contributed by atoms with Gasteiger partial charge in [-0.3, -0.25) is 9.59 Å². The maximum absolute atomic E-state index is 12.2. The van der Waals surface area contributed by atoms with Crippen LogP contribution in [-0.4, -0.2) is 64.3 Å². The monoisotopic (exact) mass is 572 g/mol. The van der Waals surface area contributed by atoms with Gasteiger partial charge in [-0.1, -0.05) is 12.8 Å². The second-order valence-corrected chi connectivity index (χ2v) is 11.0. The molecule has 0 saturated heterocycles. The average molecular weight is 573 g/mol. The molecule has 10 heteroatoms. The molecule has 10 nitrogen and oxygen atoms in total. The van der Waals surface area contributed by atoms with E-state index in [1.807, 2.05) is 0 Å². The van der Waals surface area contributed by atoms with Gasteiger partial charge in [-0.05, 0) is 91.3 Å². The van der Waals surface area contributed by atoms with Gasteiger partial charge in [-0.15, -0.1) is 0 Å². The SMILES string of the molecule is COc1cc(CCC(CC(OC(C)=O)C2CC(O)CCCC(CCO)C2)OC(C)=O)c(-c2ccnc(N)c2)cc1O. The lowest BCUT2D eigenvalue weighted by Gasteiger charge is -2.35. The van der Waals surface area contributed by atoms with Crippen molar-refractivity contribution in [2.24, 2.45) is 11.8 Å². The van der Waals surface area contributed by atoms with Crippen LogP contribution in [0, 0.1) is 11.8 Å². The number of methoxy groups -OCH3 is 1. The topological polar surface area (TPSA) is 161 Å². The lowest BCUT2D eigenvalue weighted by Crippen LogP contribution is -2.36. The van der Waals surface area contributed by atoms with Gasteiger partial charge in [0.05, 0.1) is 13.2 Å². The number of aromatic hydroxyl groups is 1. The number of anilines is 1. The Bertz CT molecular complexity index is 1160. The molecule has 2 aromatic rings. The molecule has 1 aliphatic carbocycles. The molecule has 41 heavy (non-hydrogen) atoms. The van der Waals surface area contributed by atoms with Crippen LogP contribution < -0.4 is 10.5 Å². The number of ether oxygens (including phenoxy) is 3. The predicted molar refractivity (Wildman–Crippen MR) is 154 cm³/mol. The minimum atomic E-state index is -0.578. The number of phenols is 1. The molecule has 226 valence electrons. The normalized spacial score (nSPS) is 20.8. The predicted octanol–water partition coefficient (Wildman–Crippen LogP) is 4.17. The molecular formula is C31H44N2O8. The molecule has 0 amide bonds. The highest BCUT2D eigenvalue weighted by molar-refractivity contribution is 5.72. The van der Waals surface area contributed by atoms with Crippen LogP contribution in [0.2, 0.25) is 0 Å². The van der Waals surface area contributed by atoms with Crippen LogP contribution in [0.4, 0.5) is 5.82 Å². The number of aromatic nitrogens is 1. The molecular weight excluding hydrogens is 528 g/mol. The zero-order chi connectivity index (χ0) is 29.9. The second-order valence-electron chi connectivity index (χ2n) is 11.0. The number of aryl methyl sites for hydroxylation is 1. The van der Waals surface area contributed by atoms with Crippen LogP contribution in [0.15, 0.2) is 30.5 Å². The van der Waals surface area contributed by atoms with Crippen molar-refractivity contribution in [1.29, 1.82) is 0 Å². The Morgan fingerprint density at radius 2 is 1.88 bits per heavy atom. The summed E-state index contributed by atoms with van der Waals surface area (Å²) >= 11 is 0. The molecule has 0 aliphatic heterocycles. The highest BCUT2D eigenvalue weighted by Gasteiger charge is 2.33. The fourth-order valence-electron chi connectivity index (χ4n) is 5.95. The van der Waals surface area contributed by atoms with Gasteiger partial charge in [-0.25, -0.2) is 4.98 Å². The van der Waals surface area contributed by atoms with E-state index in [-0.39, 0.29) is 30.6 Å². The van der Waals surface area contributed by atoms with Crippen LogP contribution in [0.3, 0.4) is 0 Å². The lowest BCUT2D eigenvalue weighted by atomic mass is 9.78. The Morgan fingerprint density at radius 1 is 1.12 bits per heavy atom. The number of nitrogens with zero attached hydrogens (tertiary/aromatic N) is 1. The summed E-state index contributed by atoms with van der Waals surface area (Å²) in [7, 11) is 1.47. The molecule has 1 aliphatic rings. The van der Waals surface area contributed by atoms with Crippen LogP contribution in [0.25, 0.3) is 11.1 Å². The van der Waals surface area contributed by atoms with Crippen LogP contribution in [0.1, 0.15) is 70.8 Å². The summed E-state index contributed by atoms with van der Waals surface area (Å²) in [5.41, 5.74) is 8.27. The number of rotatable bonds is 12. The lowest BCUT2D eigenvalue weighted by molar-refractivity contribution is -0.157. The molecule has 3 rings (SSSR count). The number of carbonyl (C=O) groups excluding carboxylic acids is 2. The Balaban J connectivity index is 1.88. The van der Waals surface area contributed by atoms with E-state index in [0.29, 0.717) is 50.1 Å². The van der Waals surface area contributed by atoms with Crippen molar-refractivity contribution in [3.05, 3.63) is 36.0 Å². The van der Waals surface area contributed by atoms with E-state index in [0.717, 1.165) is 29.5 Å². The van der Waals surface area contributed by atoms with E-state index in [2.05, 4.69) is 4.98 Å². The van der Waals surface area contributed by atoms with E-state index in [1.165, 1.54) is 21.0 Å². The minimum absolute atomic E-state index is 0.0200. The summed E-state index contributed by atoms with van der Waals surface area (Å²) in [4.78, 5) is 28.4. The van der Waals surface area contributed by atoms with Crippen molar-refractivity contribution in [1.82, 2.24) is 4.98 Å². The summed E-state index contributed by atoms with van der Waals surface area (Å²) in [6.07, 6.45) is 5.32. The number of hydrogen-bond donors (Lipinski definition) is 4. The largest absolute Gasteiger partial charge is 0.504 e. The van der Waals surface area contributed by atoms with Crippen molar-refractivity contribution in [3.63, 3.8) is 0 Å². The summed E-state index contributed by atoms with van der Waals surface area (Å²) in [6.45, 7) is 2.78. The molecule has 1 aromatic heterocycles. The first-order valence-corrected chi connectivity index (χ1v) is 14.3. The fraction of sp³-hybridized carbons (Fsp3) is 0.581. The maximum Gasteiger partial charge on any atom is 0.302 e. The molecule has 1 aromatic carbocycles. The van der Waals surface area contributed by atoms with Crippen molar-refractivity contribution in [3.8, 4) is 22.6 Å². The average Bonchev–Trinajstić information content (AvgIpc) is 2.89. The minimum Gasteiger partial charge on any atom is -0.504 e. The Morgan fingerprint density at radius 3 is 2.54 bits per heavy atom. The van der Waals surface area contributed by atoms with Gasteiger partial charge in [0.2, 0.25) is 0 Å². The van der Waals surface area contributed by atoms with E-state index < -0.39 is 30.3 Å². The maximum atomic E-state index is 12.2. The van der Waals surface area contributed by atoms with Gasteiger partial charge in [0.1, 0.15) is 18.0 Å². The Labute approximate surface area is 241 Å². The fourth-order valence-corrected chi connectivity index (χ4v) is 5.95. The molecule has 1 saturated carbocycles. The standard InChI is InChI=1S/C31H44N2O8/c1-19(35)40-26(17-29(41-20(2)36)24-13-21(10-12-34)5-4-6-25(37)14-24)8-7-22-15-30(39-3)28(38)18-27(22)23-9-11-33-31(32)16-23/h9,11,15-16,18,21,24-26,29,34,37-38H,4-8,10,12-14,17H2,1-3H3,(H2,32,33). The Hall–Kier alpha value is -3.37. The molecule has 1 fully saturated rings. The molecule has 5 unspecified atom stereocenters. The van der Waals surface area contributed by atoms with E-state index in [9.17, 15) is 24.9 Å². The summed E-state index contributed by atoms with van der Waals surface area (Å²) < 4.78 is 16.9. The van der Waals surface area contributed by atoms with Crippen LogP contribution in [0.5, 0.6) is 11.5 Å². The highest BCUT2D eigenvalue weighted by atomic mass is 16.6. The highest BCUT2D eigenvalue weighted by Crippen LogP contribution is 2.37. The van der Waals surface area contributed by atoms with Crippen molar-refractivity contribution >= 4 is 17.8 Å². The number of esters is 2. The number of benzene rings is 1. The van der Waals surface area contributed by atoms with Crippen molar-refractivity contribution in [2.45, 2.75) is 89.9 Å². The third-order valence-electron chi connectivity index (χ3n) is 7.80. The summed E-state index contributed by atoms with van der Waals surface area (Å²) in [5.74, 6) is -0.146. The number of phenolic OH excluding ortho intramolecular Hbond substituents is 1. The summed E-state index contributed by atoms with van der Waals surface area (Å²) in [6, 6.07) is 6.88. The number of carbonyl (C=O) groups is 2. The van der Waals surface area contributed by atoms with Gasteiger partial charge < -0.3 is 35.3 Å². The summed E-state index contributed by atoms with van der Waals surface area (Å²) in [5, 5.41) is 30.7. The molecule has 1 heterocycles. The number of pyridine rings is 1. The van der Waals surface area contributed by atoms with Crippen molar-refractivity contribution < 1.29 is 39.1 Å². The molecule has 5 atom stereocenters. The van der Waals surface area contributed by atoms with Crippen LogP contribution >= 0.6 is 0 Å². The quantitative estimate of drug-likeness (QED) is 0.272. The number of aliphatic hydroxyl groups excluding tert-OH is 2. The third-order valence-corrected chi connectivity index (χ3v) is 7.80. The van der Waals surface area contributed by atoms with Gasteiger partial charge in [0.25, 0.3) is 0 Å². The number of aliphatic hydroxyl groups is 2. The first kappa shape index (κ1) is 32.1. The van der Waals surface area contributed by atoms with E-state index >= 15 is 0 Å². The molecule has 0 bridgehead atoms. The van der Waals surface area contributed by atoms with Crippen LogP contribution in [-0.2, 0) is 25.5 Å². The van der Waals surface area contributed by atoms with Crippen molar-refractivity contribution in [2.75, 3.05) is 19.5 Å². The molecule has 0 radical (unpaired) electrons. The molecule has 5 N–H and O–H groups in total. The number of hydrogen-bond acceptors (Lipinski definition) is 10.